The van der Waals surface area contributed by atoms with Gasteiger partial charge < -0.3 is 46.6 Å². The molecule has 0 unspecified atom stereocenters. The lowest BCUT2D eigenvalue weighted by Gasteiger charge is -2.17. The molecule has 9 N–H and O–H groups in total. The number of carbonyl (C=O) groups excluding carboxylic acids is 6. The normalized spacial score (nSPS) is 13.3. The lowest BCUT2D eigenvalue weighted by molar-refractivity contribution is -0.145. The number of aliphatic hydroxyl groups is 1. The molecule has 67 heavy (non-hydrogen) atoms. The van der Waals surface area contributed by atoms with Crippen LogP contribution < -0.4 is 16.0 Å². The number of nitrogens with one attached hydrogen (secondary N) is 3. The number of ketones is 3. The third-order valence-electron chi connectivity index (χ3n) is 11.7. The maximum atomic E-state index is 12.7. The molecule has 0 aliphatic heterocycles. The zero-order valence-electron chi connectivity index (χ0n) is 39.3. The van der Waals surface area contributed by atoms with Gasteiger partial charge in [0.15, 0.2) is 5.78 Å². The van der Waals surface area contributed by atoms with Crippen molar-refractivity contribution in [2.45, 2.75) is 199 Å². The molecule has 0 radical (unpaired) electrons. The van der Waals surface area contributed by atoms with Gasteiger partial charge in [0, 0.05) is 63.8 Å². The largest absolute Gasteiger partial charge is 0.481 e. The number of aliphatic carboxylic acids is 5. The Kier molecular flexibility index (Phi) is 34.8. The fourth-order valence-electron chi connectivity index (χ4n) is 7.54. The predicted molar refractivity (Wildman–Crippen MR) is 243 cm³/mol. The number of rotatable bonds is 45. The van der Waals surface area contributed by atoms with Crippen LogP contribution in [0.1, 0.15) is 187 Å². The van der Waals surface area contributed by atoms with Gasteiger partial charge in [-0.2, -0.15) is 0 Å². The van der Waals surface area contributed by atoms with Crippen molar-refractivity contribution in [1.82, 2.24) is 16.0 Å². The van der Waals surface area contributed by atoms with Crippen molar-refractivity contribution in [2.24, 2.45) is 17.8 Å². The summed E-state index contributed by atoms with van der Waals surface area (Å²) in [6, 6.07) is -3.02. The zero-order chi connectivity index (χ0) is 50.6. The molecule has 0 rings (SSSR count). The predicted octanol–water partition coefficient (Wildman–Crippen LogP) is 4.99. The molecule has 20 heteroatoms. The molecule has 20 nitrogen and oxygen atoms in total. The van der Waals surface area contributed by atoms with Gasteiger partial charge in [0.1, 0.15) is 30.3 Å². The summed E-state index contributed by atoms with van der Waals surface area (Å²) in [5.74, 6) is -12.4. The SMILES string of the molecule is CC[C@@H](CCCCNC(=O)CC[C@H](NC(=O)CC[C@H](CC(=O)CC[C@H](NC(=O)CC[C@H](CC(=O)CCCCCCCCCCCCCCC(=O)O)C(=O)O)C(=O)O)C(=O)O)C(=O)O)C(=O)CO. The summed E-state index contributed by atoms with van der Waals surface area (Å²) in [5.41, 5.74) is 0. The van der Waals surface area contributed by atoms with Crippen LogP contribution in [0.2, 0.25) is 0 Å². The van der Waals surface area contributed by atoms with Crippen molar-refractivity contribution in [3.63, 3.8) is 0 Å². The van der Waals surface area contributed by atoms with Gasteiger partial charge in [0.25, 0.3) is 0 Å². The number of carbonyl (C=O) groups is 11. The Balaban J connectivity index is 4.63. The van der Waals surface area contributed by atoms with E-state index in [4.69, 9.17) is 10.2 Å². The molecule has 5 atom stereocenters. The van der Waals surface area contributed by atoms with Gasteiger partial charge in [0.05, 0.1) is 11.8 Å². The Morgan fingerprint density at radius 3 is 1.21 bits per heavy atom. The van der Waals surface area contributed by atoms with Gasteiger partial charge in [-0.1, -0.05) is 77.6 Å². The monoisotopic (exact) mass is 956 g/mol. The number of carboxylic acid groups (broad SMARTS) is 5. The zero-order valence-corrected chi connectivity index (χ0v) is 39.3. The molecule has 0 aliphatic rings. The van der Waals surface area contributed by atoms with Gasteiger partial charge in [-0.05, 0) is 57.8 Å². The number of unbranched alkanes of at least 4 members (excludes halogenated alkanes) is 12. The van der Waals surface area contributed by atoms with Crippen LogP contribution in [0.15, 0.2) is 0 Å². The first-order valence-electron chi connectivity index (χ1n) is 24.0. The van der Waals surface area contributed by atoms with Crippen LogP contribution >= 0.6 is 0 Å². The summed E-state index contributed by atoms with van der Waals surface area (Å²) in [7, 11) is 0. The van der Waals surface area contributed by atoms with E-state index in [0.717, 1.165) is 64.2 Å². The van der Waals surface area contributed by atoms with Crippen LogP contribution in [-0.4, -0.2) is 121 Å². The van der Waals surface area contributed by atoms with E-state index in [9.17, 15) is 73.2 Å². The summed E-state index contributed by atoms with van der Waals surface area (Å²) in [4.78, 5) is 132. The van der Waals surface area contributed by atoms with Crippen LogP contribution in [0.4, 0.5) is 0 Å². The maximum Gasteiger partial charge on any atom is 0.326 e. The topological polar surface area (TPSA) is 345 Å². The molecule has 0 aromatic rings. The standard InChI is InChI=1S/C47H77N3O17/c1-2-32(39(54)31-51)17-15-16-28-48-40(55)27-24-38(47(66)67)50-42(57)26-21-34(45(62)63)30-36(53)22-23-37(46(64)65)49-41(56)25-20-33(44(60)61)29-35(52)18-13-11-9-7-5-3-4-6-8-10-12-14-19-43(58)59/h32-34,37-38,51H,2-31H2,1H3,(H,48,55)(H,49,56)(H,50,57)(H,58,59)(H,60,61)(H,62,63)(H,64,65)(H,66,67)/t32-,33+,34+,37-,38-/m0/s1. The van der Waals surface area contributed by atoms with E-state index < -0.39 is 116 Å². The van der Waals surface area contributed by atoms with E-state index in [-0.39, 0.29) is 69.0 Å². The number of aliphatic hydroxyl groups excluding tert-OH is 1. The highest BCUT2D eigenvalue weighted by Crippen LogP contribution is 2.19. The molecule has 0 saturated carbocycles. The first kappa shape index (κ1) is 61.7. The summed E-state index contributed by atoms with van der Waals surface area (Å²) in [6.45, 7) is 1.59. The van der Waals surface area contributed by atoms with Gasteiger partial charge in [-0.15, -0.1) is 0 Å². The highest BCUT2D eigenvalue weighted by Gasteiger charge is 2.28. The van der Waals surface area contributed by atoms with E-state index in [1.54, 1.807) is 0 Å². The van der Waals surface area contributed by atoms with Crippen molar-refractivity contribution in [3.05, 3.63) is 0 Å². The van der Waals surface area contributed by atoms with Crippen molar-refractivity contribution in [2.75, 3.05) is 13.2 Å². The number of hydrogen-bond donors (Lipinski definition) is 9. The highest BCUT2D eigenvalue weighted by atomic mass is 16.4. The van der Waals surface area contributed by atoms with Crippen molar-refractivity contribution in [3.8, 4) is 0 Å². The summed E-state index contributed by atoms with van der Waals surface area (Å²) in [6.07, 6.45) is 10.7. The lowest BCUT2D eigenvalue weighted by Crippen LogP contribution is -2.42. The van der Waals surface area contributed by atoms with Crippen molar-refractivity contribution in [1.29, 1.82) is 0 Å². The summed E-state index contributed by atoms with van der Waals surface area (Å²) in [5, 5.41) is 63.4. The third-order valence-corrected chi connectivity index (χ3v) is 11.7. The smallest absolute Gasteiger partial charge is 0.326 e. The van der Waals surface area contributed by atoms with Crippen LogP contribution in [0.25, 0.3) is 0 Å². The van der Waals surface area contributed by atoms with Crippen LogP contribution in [0.5, 0.6) is 0 Å². The second-order valence-electron chi connectivity index (χ2n) is 17.3. The van der Waals surface area contributed by atoms with E-state index in [1.807, 2.05) is 6.92 Å². The maximum absolute atomic E-state index is 12.7. The molecule has 0 heterocycles. The number of hydrogen-bond acceptors (Lipinski definition) is 12. The Morgan fingerprint density at radius 2 is 0.806 bits per heavy atom. The first-order chi connectivity index (χ1) is 31.8. The van der Waals surface area contributed by atoms with Crippen molar-refractivity contribution >= 4 is 64.9 Å². The summed E-state index contributed by atoms with van der Waals surface area (Å²) >= 11 is 0. The minimum absolute atomic E-state index is 0.206. The van der Waals surface area contributed by atoms with E-state index in [0.29, 0.717) is 38.5 Å². The molecule has 0 aromatic carbocycles. The second-order valence-corrected chi connectivity index (χ2v) is 17.3. The Labute approximate surface area is 393 Å². The highest BCUT2D eigenvalue weighted by molar-refractivity contribution is 5.88. The van der Waals surface area contributed by atoms with Gasteiger partial charge in [-0.25, -0.2) is 9.59 Å². The van der Waals surface area contributed by atoms with E-state index in [1.165, 1.54) is 0 Å². The first-order valence-corrected chi connectivity index (χ1v) is 24.0. The average molecular weight is 956 g/mol. The molecule has 0 bridgehead atoms. The van der Waals surface area contributed by atoms with Crippen LogP contribution in [0.3, 0.4) is 0 Å². The molecule has 0 fully saturated rings. The Hall–Kier alpha value is -5.27. The number of carboxylic acids is 5. The molecule has 0 spiro atoms. The molecule has 382 valence electrons. The molecule has 0 aromatic heterocycles. The van der Waals surface area contributed by atoms with E-state index >= 15 is 0 Å². The number of Topliss-reactive ketones (excluding diaryl/α,β-unsaturated/α-hetero) is 3. The van der Waals surface area contributed by atoms with Crippen LogP contribution in [0, 0.1) is 17.8 Å². The lowest BCUT2D eigenvalue weighted by atomic mass is 9.94. The molecule has 3 amide bonds. The minimum atomic E-state index is -1.56. The Morgan fingerprint density at radius 1 is 0.403 bits per heavy atom. The second kappa shape index (κ2) is 37.8. The average Bonchev–Trinajstić information content (AvgIpc) is 3.26. The minimum Gasteiger partial charge on any atom is -0.481 e. The van der Waals surface area contributed by atoms with E-state index in [2.05, 4.69) is 16.0 Å². The number of amides is 3. The molecule has 0 saturated heterocycles. The quantitative estimate of drug-likeness (QED) is 0.0363. The van der Waals surface area contributed by atoms with Gasteiger partial charge in [0.2, 0.25) is 17.7 Å². The molecular weight excluding hydrogens is 879 g/mol. The summed E-state index contributed by atoms with van der Waals surface area (Å²) < 4.78 is 0. The fourth-order valence-corrected chi connectivity index (χ4v) is 7.54. The molecule has 0 aliphatic carbocycles. The third kappa shape index (κ3) is 33.0. The Bertz CT molecular complexity index is 1590. The molecular formula is C47H77N3O17. The van der Waals surface area contributed by atoms with Crippen molar-refractivity contribution < 1.29 is 83.4 Å². The van der Waals surface area contributed by atoms with Crippen LogP contribution in [-0.2, 0) is 52.7 Å². The van der Waals surface area contributed by atoms with Gasteiger partial charge in [-0.3, -0.25) is 43.2 Å². The fraction of sp³-hybridized carbons (Fsp3) is 0.766. The van der Waals surface area contributed by atoms with Gasteiger partial charge >= 0.3 is 29.8 Å².